The Kier molecular flexibility index (Phi) is 5.62. The number of carboxylic acids is 1. The molecule has 1 saturated carbocycles. The number of ether oxygens (including phenoxy) is 1. The largest absolute Gasteiger partial charge is 0.481 e. The third-order valence-electron chi connectivity index (χ3n) is 4.82. The first-order valence-electron chi connectivity index (χ1n) is 8.09. The van der Waals surface area contributed by atoms with Crippen LogP contribution in [0.4, 0.5) is 0 Å². The molecular formula is C16H27NO4. The number of nitrogens with zero attached hydrogens (tertiary/aromatic N) is 1. The highest BCUT2D eigenvalue weighted by Gasteiger charge is 2.32. The zero-order valence-corrected chi connectivity index (χ0v) is 13.1. The van der Waals surface area contributed by atoms with Gasteiger partial charge < -0.3 is 14.7 Å². The first kappa shape index (κ1) is 16.3. The molecule has 0 bridgehead atoms. The maximum absolute atomic E-state index is 12.3. The summed E-state index contributed by atoms with van der Waals surface area (Å²) in [5, 5.41) is 9.15. The van der Waals surface area contributed by atoms with E-state index < -0.39 is 11.9 Å². The first-order valence-corrected chi connectivity index (χ1v) is 8.09. The van der Waals surface area contributed by atoms with Crippen LogP contribution in [0.2, 0.25) is 0 Å². The van der Waals surface area contributed by atoms with Crippen molar-refractivity contribution in [3.05, 3.63) is 0 Å². The fourth-order valence-corrected chi connectivity index (χ4v) is 3.53. The quantitative estimate of drug-likeness (QED) is 0.863. The molecule has 1 aliphatic carbocycles. The maximum atomic E-state index is 12.3. The monoisotopic (exact) mass is 297 g/mol. The summed E-state index contributed by atoms with van der Waals surface area (Å²) in [6.07, 6.45) is 5.45. The van der Waals surface area contributed by atoms with Crippen molar-refractivity contribution < 1.29 is 19.4 Å². The van der Waals surface area contributed by atoms with Crippen LogP contribution in [-0.4, -0.2) is 47.7 Å². The molecule has 2 fully saturated rings. The van der Waals surface area contributed by atoms with E-state index in [9.17, 15) is 9.59 Å². The SMILES string of the molecule is CC1CC(C(=O)O)CN(C(=O)COC2CCCCC2C)C1. The predicted octanol–water partition coefficient (Wildman–Crippen LogP) is 2.15. The number of hydrogen-bond acceptors (Lipinski definition) is 3. The van der Waals surface area contributed by atoms with Crippen LogP contribution in [0.5, 0.6) is 0 Å². The average Bonchev–Trinajstić information content (AvgIpc) is 2.45. The Balaban J connectivity index is 1.83. The number of amides is 1. The van der Waals surface area contributed by atoms with Crippen molar-refractivity contribution in [2.24, 2.45) is 17.8 Å². The van der Waals surface area contributed by atoms with Crippen molar-refractivity contribution in [2.45, 2.75) is 52.1 Å². The van der Waals surface area contributed by atoms with E-state index in [-0.39, 0.29) is 24.5 Å². The summed E-state index contributed by atoms with van der Waals surface area (Å²) in [5.41, 5.74) is 0. The van der Waals surface area contributed by atoms with Gasteiger partial charge in [0.1, 0.15) is 6.61 Å². The van der Waals surface area contributed by atoms with Gasteiger partial charge in [0.2, 0.25) is 5.91 Å². The Bertz CT molecular complexity index is 384. The lowest BCUT2D eigenvalue weighted by Gasteiger charge is -2.35. The van der Waals surface area contributed by atoms with E-state index in [2.05, 4.69) is 6.92 Å². The van der Waals surface area contributed by atoms with Crippen LogP contribution in [0.3, 0.4) is 0 Å². The molecule has 5 heteroatoms. The number of piperidine rings is 1. The number of carbonyl (C=O) groups is 2. The Morgan fingerprint density at radius 3 is 2.57 bits per heavy atom. The molecular weight excluding hydrogens is 270 g/mol. The fourth-order valence-electron chi connectivity index (χ4n) is 3.53. The molecule has 0 aromatic heterocycles. The van der Waals surface area contributed by atoms with Crippen molar-refractivity contribution in [2.75, 3.05) is 19.7 Å². The van der Waals surface area contributed by atoms with Crippen molar-refractivity contribution in [3.8, 4) is 0 Å². The fraction of sp³-hybridized carbons (Fsp3) is 0.875. The average molecular weight is 297 g/mol. The molecule has 5 nitrogen and oxygen atoms in total. The molecule has 2 aliphatic rings. The summed E-state index contributed by atoms with van der Waals surface area (Å²) >= 11 is 0. The van der Waals surface area contributed by atoms with Gasteiger partial charge in [-0.25, -0.2) is 0 Å². The van der Waals surface area contributed by atoms with Gasteiger partial charge in [-0.15, -0.1) is 0 Å². The van der Waals surface area contributed by atoms with E-state index in [1.807, 2.05) is 6.92 Å². The van der Waals surface area contributed by atoms with Gasteiger partial charge >= 0.3 is 5.97 Å². The molecule has 1 N–H and O–H groups in total. The number of likely N-dealkylation sites (tertiary alicyclic amines) is 1. The molecule has 2 rings (SSSR count). The van der Waals surface area contributed by atoms with E-state index in [1.54, 1.807) is 4.90 Å². The lowest BCUT2D eigenvalue weighted by Crippen LogP contribution is -2.47. The van der Waals surface area contributed by atoms with Crippen LogP contribution in [0, 0.1) is 17.8 Å². The molecule has 120 valence electrons. The molecule has 4 unspecified atom stereocenters. The number of carbonyl (C=O) groups excluding carboxylic acids is 1. The highest BCUT2D eigenvalue weighted by molar-refractivity contribution is 5.79. The van der Waals surface area contributed by atoms with Crippen LogP contribution in [0.1, 0.15) is 46.0 Å². The third kappa shape index (κ3) is 4.43. The van der Waals surface area contributed by atoms with Crippen LogP contribution in [-0.2, 0) is 14.3 Å². The Morgan fingerprint density at radius 1 is 1.19 bits per heavy atom. The number of hydrogen-bond donors (Lipinski definition) is 1. The standard InChI is InChI=1S/C16H27NO4/c1-11-7-13(16(19)20)9-17(8-11)15(18)10-21-14-6-4-3-5-12(14)2/h11-14H,3-10H2,1-2H3,(H,19,20). The topological polar surface area (TPSA) is 66.8 Å². The normalized spacial score (nSPS) is 33.7. The lowest BCUT2D eigenvalue weighted by molar-refractivity contribution is -0.149. The Labute approximate surface area is 126 Å². The van der Waals surface area contributed by atoms with Gasteiger partial charge in [-0.05, 0) is 31.1 Å². The van der Waals surface area contributed by atoms with Gasteiger partial charge in [0, 0.05) is 13.1 Å². The van der Waals surface area contributed by atoms with E-state index in [0.717, 1.165) is 6.42 Å². The van der Waals surface area contributed by atoms with Gasteiger partial charge in [-0.3, -0.25) is 9.59 Å². The van der Waals surface area contributed by atoms with Gasteiger partial charge in [0.15, 0.2) is 0 Å². The zero-order valence-electron chi connectivity index (χ0n) is 13.1. The summed E-state index contributed by atoms with van der Waals surface area (Å²) in [4.78, 5) is 25.1. The third-order valence-corrected chi connectivity index (χ3v) is 4.82. The number of aliphatic carboxylic acids is 1. The van der Waals surface area contributed by atoms with Gasteiger partial charge in [0.05, 0.1) is 12.0 Å². The summed E-state index contributed by atoms with van der Waals surface area (Å²) < 4.78 is 5.80. The minimum Gasteiger partial charge on any atom is -0.481 e. The van der Waals surface area contributed by atoms with E-state index >= 15 is 0 Å². The molecule has 0 spiro atoms. The first-order chi connectivity index (χ1) is 9.97. The smallest absolute Gasteiger partial charge is 0.308 e. The summed E-state index contributed by atoms with van der Waals surface area (Å²) in [7, 11) is 0. The highest BCUT2D eigenvalue weighted by Crippen LogP contribution is 2.27. The van der Waals surface area contributed by atoms with E-state index in [4.69, 9.17) is 9.84 Å². The van der Waals surface area contributed by atoms with Gasteiger partial charge in [-0.1, -0.05) is 26.7 Å². The Hall–Kier alpha value is -1.10. The number of rotatable bonds is 4. The summed E-state index contributed by atoms with van der Waals surface area (Å²) in [6, 6.07) is 0. The zero-order chi connectivity index (χ0) is 15.4. The molecule has 1 amide bonds. The molecule has 1 saturated heterocycles. The summed E-state index contributed by atoms with van der Waals surface area (Å²) in [5.74, 6) is -0.561. The molecule has 1 heterocycles. The predicted molar refractivity (Wildman–Crippen MR) is 78.9 cm³/mol. The van der Waals surface area contributed by atoms with Crippen molar-refractivity contribution >= 4 is 11.9 Å². The van der Waals surface area contributed by atoms with Crippen molar-refractivity contribution in [3.63, 3.8) is 0 Å². The van der Waals surface area contributed by atoms with E-state index in [1.165, 1.54) is 19.3 Å². The second-order valence-corrected chi connectivity index (χ2v) is 6.79. The summed E-state index contributed by atoms with van der Waals surface area (Å²) in [6.45, 7) is 5.24. The molecule has 0 aromatic carbocycles. The van der Waals surface area contributed by atoms with E-state index in [0.29, 0.717) is 25.4 Å². The van der Waals surface area contributed by atoms with Gasteiger partial charge in [-0.2, -0.15) is 0 Å². The molecule has 0 aromatic rings. The molecule has 0 radical (unpaired) electrons. The second kappa shape index (κ2) is 7.25. The van der Waals surface area contributed by atoms with Crippen LogP contribution >= 0.6 is 0 Å². The second-order valence-electron chi connectivity index (χ2n) is 6.79. The molecule has 1 aliphatic heterocycles. The van der Waals surface area contributed by atoms with Crippen molar-refractivity contribution in [1.82, 2.24) is 4.90 Å². The van der Waals surface area contributed by atoms with Crippen LogP contribution in [0.15, 0.2) is 0 Å². The van der Waals surface area contributed by atoms with Gasteiger partial charge in [0.25, 0.3) is 0 Å². The van der Waals surface area contributed by atoms with Crippen LogP contribution in [0.25, 0.3) is 0 Å². The maximum Gasteiger partial charge on any atom is 0.308 e. The number of carboxylic acid groups (broad SMARTS) is 1. The minimum absolute atomic E-state index is 0.0643. The highest BCUT2D eigenvalue weighted by atomic mass is 16.5. The Morgan fingerprint density at radius 2 is 1.90 bits per heavy atom. The van der Waals surface area contributed by atoms with Crippen molar-refractivity contribution in [1.29, 1.82) is 0 Å². The van der Waals surface area contributed by atoms with Crippen LogP contribution < -0.4 is 0 Å². The lowest BCUT2D eigenvalue weighted by atomic mass is 9.88. The minimum atomic E-state index is -0.804. The molecule has 21 heavy (non-hydrogen) atoms. The molecule has 4 atom stereocenters.